The molecule has 0 amide bonds. The second kappa shape index (κ2) is 13.2. The number of ether oxygens (including phenoxy) is 2. The summed E-state index contributed by atoms with van der Waals surface area (Å²) in [5.41, 5.74) is 2.31. The molecule has 0 aromatic heterocycles. The van der Waals surface area contributed by atoms with Gasteiger partial charge in [-0.1, -0.05) is 12.1 Å². The smallest absolute Gasteiger partial charge is 0.191 e. The first-order valence-electron chi connectivity index (χ1n) is 9.70. The Morgan fingerprint density at radius 2 is 2.00 bits per heavy atom. The lowest BCUT2D eigenvalue weighted by Crippen LogP contribution is -2.49. The standard InChI is InChI=1S/C20H34N4O2.HI/c1-5-21-20(22-14-17(4)24-9-11-25-12-10-24)23-15-18-8-7-16(3)13-19(18)26-6-2;/h7-8,13,17H,5-6,9-12,14-15H2,1-4H3,(H2,21,22,23);1H. The highest BCUT2D eigenvalue weighted by molar-refractivity contribution is 14.0. The minimum atomic E-state index is 0. The van der Waals surface area contributed by atoms with Crippen LogP contribution in [0.25, 0.3) is 0 Å². The number of aliphatic imine (C=N–C) groups is 1. The van der Waals surface area contributed by atoms with Crippen LogP contribution in [0.4, 0.5) is 0 Å². The van der Waals surface area contributed by atoms with Gasteiger partial charge in [0.15, 0.2) is 5.96 Å². The molecule has 1 aromatic carbocycles. The molecule has 1 fully saturated rings. The van der Waals surface area contributed by atoms with Gasteiger partial charge in [-0.25, -0.2) is 4.99 Å². The van der Waals surface area contributed by atoms with Gasteiger partial charge < -0.3 is 20.1 Å². The van der Waals surface area contributed by atoms with Crippen LogP contribution in [-0.4, -0.2) is 62.9 Å². The normalized spacial score (nSPS) is 16.4. The minimum absolute atomic E-state index is 0. The highest BCUT2D eigenvalue weighted by Gasteiger charge is 2.17. The predicted octanol–water partition coefficient (Wildman–Crippen LogP) is 2.79. The van der Waals surface area contributed by atoms with E-state index >= 15 is 0 Å². The molecular weight excluding hydrogens is 455 g/mol. The van der Waals surface area contributed by atoms with Crippen molar-refractivity contribution in [2.75, 3.05) is 46.0 Å². The molecule has 27 heavy (non-hydrogen) atoms. The van der Waals surface area contributed by atoms with Gasteiger partial charge in [0.05, 0.1) is 26.4 Å². The first kappa shape index (κ1) is 24.0. The number of nitrogens with one attached hydrogen (secondary N) is 2. The highest BCUT2D eigenvalue weighted by Crippen LogP contribution is 2.21. The molecule has 1 atom stereocenters. The largest absolute Gasteiger partial charge is 0.494 e. The summed E-state index contributed by atoms with van der Waals surface area (Å²) < 4.78 is 11.2. The van der Waals surface area contributed by atoms with E-state index in [1.807, 2.05) is 6.92 Å². The van der Waals surface area contributed by atoms with Crippen molar-refractivity contribution in [2.24, 2.45) is 4.99 Å². The van der Waals surface area contributed by atoms with E-state index < -0.39 is 0 Å². The number of halogens is 1. The third-order valence-corrected chi connectivity index (χ3v) is 4.51. The van der Waals surface area contributed by atoms with Crippen molar-refractivity contribution in [1.82, 2.24) is 15.5 Å². The van der Waals surface area contributed by atoms with Crippen LogP contribution in [0.3, 0.4) is 0 Å². The lowest BCUT2D eigenvalue weighted by atomic mass is 10.1. The van der Waals surface area contributed by atoms with Crippen LogP contribution in [0.2, 0.25) is 0 Å². The topological polar surface area (TPSA) is 58.1 Å². The fraction of sp³-hybridized carbons (Fsp3) is 0.650. The van der Waals surface area contributed by atoms with Crippen molar-refractivity contribution >= 4 is 29.9 Å². The molecule has 0 bridgehead atoms. The fourth-order valence-electron chi connectivity index (χ4n) is 2.98. The number of rotatable bonds is 8. The molecule has 2 N–H and O–H groups in total. The Balaban J connectivity index is 0.00000364. The highest BCUT2D eigenvalue weighted by atomic mass is 127. The zero-order chi connectivity index (χ0) is 18.8. The molecule has 1 aliphatic rings. The number of guanidine groups is 1. The maximum Gasteiger partial charge on any atom is 0.191 e. The van der Waals surface area contributed by atoms with E-state index in [4.69, 9.17) is 14.5 Å². The molecular formula is C20H35IN4O2. The van der Waals surface area contributed by atoms with Gasteiger partial charge in [-0.15, -0.1) is 24.0 Å². The van der Waals surface area contributed by atoms with Crippen LogP contribution < -0.4 is 15.4 Å². The number of morpholine rings is 1. The van der Waals surface area contributed by atoms with Crippen molar-refractivity contribution in [3.8, 4) is 5.75 Å². The predicted molar refractivity (Wildman–Crippen MR) is 122 cm³/mol. The van der Waals surface area contributed by atoms with Gasteiger partial charge in [-0.05, 0) is 39.3 Å². The summed E-state index contributed by atoms with van der Waals surface area (Å²) in [4.78, 5) is 7.20. The summed E-state index contributed by atoms with van der Waals surface area (Å²) in [6.45, 7) is 15.0. The summed E-state index contributed by atoms with van der Waals surface area (Å²) in [6.07, 6.45) is 0. The van der Waals surface area contributed by atoms with Gasteiger partial charge in [0, 0.05) is 37.8 Å². The van der Waals surface area contributed by atoms with Crippen LogP contribution in [0.1, 0.15) is 31.9 Å². The molecule has 154 valence electrons. The Labute approximate surface area is 181 Å². The molecule has 0 spiro atoms. The SMILES string of the molecule is CCNC(=NCc1ccc(C)cc1OCC)NCC(C)N1CCOCC1.I. The summed E-state index contributed by atoms with van der Waals surface area (Å²) in [6, 6.07) is 6.73. The lowest BCUT2D eigenvalue weighted by molar-refractivity contribution is 0.0211. The van der Waals surface area contributed by atoms with Gasteiger partial charge >= 0.3 is 0 Å². The van der Waals surface area contributed by atoms with E-state index in [1.165, 1.54) is 5.56 Å². The first-order valence-corrected chi connectivity index (χ1v) is 9.70. The van der Waals surface area contributed by atoms with E-state index in [1.54, 1.807) is 0 Å². The van der Waals surface area contributed by atoms with E-state index in [2.05, 4.69) is 54.5 Å². The molecule has 1 saturated heterocycles. The molecule has 7 heteroatoms. The van der Waals surface area contributed by atoms with E-state index in [0.29, 0.717) is 19.2 Å². The van der Waals surface area contributed by atoms with Crippen LogP contribution in [0.5, 0.6) is 5.75 Å². The number of hydrogen-bond donors (Lipinski definition) is 2. The fourth-order valence-corrected chi connectivity index (χ4v) is 2.98. The van der Waals surface area contributed by atoms with E-state index in [0.717, 1.165) is 56.7 Å². The first-order chi connectivity index (χ1) is 12.6. The average Bonchev–Trinajstić information content (AvgIpc) is 2.66. The number of hydrogen-bond acceptors (Lipinski definition) is 4. The maximum absolute atomic E-state index is 5.76. The van der Waals surface area contributed by atoms with Crippen molar-refractivity contribution in [3.05, 3.63) is 29.3 Å². The quantitative estimate of drug-likeness (QED) is 0.334. The van der Waals surface area contributed by atoms with Gasteiger partial charge in [0.2, 0.25) is 0 Å². The Hall–Kier alpha value is -1.06. The Morgan fingerprint density at radius 3 is 2.67 bits per heavy atom. The molecule has 0 saturated carbocycles. The molecule has 1 aliphatic heterocycles. The molecule has 2 rings (SSSR count). The molecule has 0 aliphatic carbocycles. The lowest BCUT2D eigenvalue weighted by Gasteiger charge is -2.32. The van der Waals surface area contributed by atoms with Crippen molar-refractivity contribution in [1.29, 1.82) is 0 Å². The van der Waals surface area contributed by atoms with Crippen LogP contribution in [-0.2, 0) is 11.3 Å². The van der Waals surface area contributed by atoms with Gasteiger partial charge in [0.1, 0.15) is 5.75 Å². The van der Waals surface area contributed by atoms with Gasteiger partial charge in [-0.3, -0.25) is 4.90 Å². The van der Waals surface area contributed by atoms with Gasteiger partial charge in [-0.2, -0.15) is 0 Å². The van der Waals surface area contributed by atoms with E-state index in [9.17, 15) is 0 Å². The van der Waals surface area contributed by atoms with Crippen LogP contribution >= 0.6 is 24.0 Å². The maximum atomic E-state index is 5.76. The molecule has 0 radical (unpaired) electrons. The zero-order valence-corrected chi connectivity index (χ0v) is 19.4. The molecule has 6 nitrogen and oxygen atoms in total. The van der Waals surface area contributed by atoms with E-state index in [-0.39, 0.29) is 24.0 Å². The third-order valence-electron chi connectivity index (χ3n) is 4.51. The Bertz CT molecular complexity index is 577. The molecule has 1 aromatic rings. The summed E-state index contributed by atoms with van der Waals surface area (Å²) in [5.74, 6) is 1.77. The summed E-state index contributed by atoms with van der Waals surface area (Å²) >= 11 is 0. The van der Waals surface area contributed by atoms with Crippen molar-refractivity contribution in [2.45, 2.75) is 40.3 Å². The second-order valence-electron chi connectivity index (χ2n) is 6.62. The monoisotopic (exact) mass is 490 g/mol. The van der Waals surface area contributed by atoms with Crippen LogP contribution in [0, 0.1) is 6.92 Å². The molecule has 1 unspecified atom stereocenters. The third kappa shape index (κ3) is 8.23. The summed E-state index contributed by atoms with van der Waals surface area (Å²) in [7, 11) is 0. The van der Waals surface area contributed by atoms with Gasteiger partial charge in [0.25, 0.3) is 0 Å². The Kier molecular flexibility index (Phi) is 11.7. The summed E-state index contributed by atoms with van der Waals surface area (Å²) in [5, 5.41) is 6.80. The van der Waals surface area contributed by atoms with Crippen molar-refractivity contribution in [3.63, 3.8) is 0 Å². The minimum Gasteiger partial charge on any atom is -0.494 e. The number of aryl methyl sites for hydroxylation is 1. The number of nitrogens with zero attached hydrogens (tertiary/aromatic N) is 2. The molecule has 1 heterocycles. The van der Waals surface area contributed by atoms with Crippen LogP contribution in [0.15, 0.2) is 23.2 Å². The zero-order valence-electron chi connectivity index (χ0n) is 17.1. The average molecular weight is 490 g/mol. The second-order valence-corrected chi connectivity index (χ2v) is 6.62. The van der Waals surface area contributed by atoms with Crippen molar-refractivity contribution < 1.29 is 9.47 Å². The Morgan fingerprint density at radius 1 is 1.26 bits per heavy atom. The number of benzene rings is 1.